The van der Waals surface area contributed by atoms with Gasteiger partial charge in [0.25, 0.3) is 0 Å². The summed E-state index contributed by atoms with van der Waals surface area (Å²) in [6.45, 7) is 3.23. The number of hydrogen-bond acceptors (Lipinski definition) is 5. The summed E-state index contributed by atoms with van der Waals surface area (Å²) in [6.07, 6.45) is 3.12. The molecule has 1 aromatic heterocycles. The molecule has 2 atom stereocenters. The number of aliphatic hydroxyl groups excluding tert-OH is 1. The van der Waals surface area contributed by atoms with E-state index in [0.717, 1.165) is 5.69 Å². The number of pyridine rings is 1. The van der Waals surface area contributed by atoms with Crippen molar-refractivity contribution in [3.63, 3.8) is 0 Å². The Hall–Kier alpha value is -1.64. The van der Waals surface area contributed by atoms with Gasteiger partial charge in [-0.1, -0.05) is 0 Å². The maximum atomic E-state index is 9.17. The summed E-state index contributed by atoms with van der Waals surface area (Å²) < 4.78 is 5.57. The van der Waals surface area contributed by atoms with Gasteiger partial charge in [0.1, 0.15) is 6.07 Å². The summed E-state index contributed by atoms with van der Waals surface area (Å²) in [5, 5.41) is 18.2. The second kappa shape index (κ2) is 5.13. The van der Waals surface area contributed by atoms with E-state index in [9.17, 15) is 0 Å². The third kappa shape index (κ3) is 2.54. The molecule has 2 rings (SSSR count). The van der Waals surface area contributed by atoms with Gasteiger partial charge in [0, 0.05) is 19.3 Å². The Labute approximate surface area is 100 Å². The average molecular weight is 233 g/mol. The van der Waals surface area contributed by atoms with E-state index in [1.807, 2.05) is 11.8 Å². The van der Waals surface area contributed by atoms with E-state index in [1.54, 1.807) is 18.5 Å². The molecule has 1 aliphatic heterocycles. The van der Waals surface area contributed by atoms with Crippen LogP contribution in [-0.4, -0.2) is 42.0 Å². The van der Waals surface area contributed by atoms with Gasteiger partial charge >= 0.3 is 0 Å². The van der Waals surface area contributed by atoms with Gasteiger partial charge < -0.3 is 14.7 Å². The Kier molecular flexibility index (Phi) is 3.57. The molecule has 1 aliphatic rings. The van der Waals surface area contributed by atoms with Gasteiger partial charge in [-0.2, -0.15) is 5.26 Å². The number of aromatic nitrogens is 1. The molecule has 0 spiro atoms. The molecule has 1 N–H and O–H groups in total. The Morgan fingerprint density at radius 3 is 3.18 bits per heavy atom. The zero-order valence-corrected chi connectivity index (χ0v) is 9.71. The smallest absolute Gasteiger partial charge is 0.101 e. The highest BCUT2D eigenvalue weighted by molar-refractivity contribution is 5.57. The largest absolute Gasteiger partial charge is 0.394 e. The second-order valence-corrected chi connectivity index (χ2v) is 4.16. The summed E-state index contributed by atoms with van der Waals surface area (Å²) in [5.41, 5.74) is 1.41. The van der Waals surface area contributed by atoms with Crippen molar-refractivity contribution in [1.82, 2.24) is 4.98 Å². The minimum atomic E-state index is -0.203. The lowest BCUT2D eigenvalue weighted by Gasteiger charge is -2.37. The van der Waals surface area contributed by atoms with E-state index in [0.29, 0.717) is 18.7 Å². The quantitative estimate of drug-likeness (QED) is 0.807. The molecule has 0 amide bonds. The van der Waals surface area contributed by atoms with Gasteiger partial charge in [0.2, 0.25) is 0 Å². The zero-order chi connectivity index (χ0) is 12.3. The predicted molar refractivity (Wildman–Crippen MR) is 62.6 cm³/mol. The lowest BCUT2D eigenvalue weighted by Crippen LogP contribution is -2.48. The average Bonchev–Trinajstić information content (AvgIpc) is 2.37. The number of morpholine rings is 1. The normalized spacial score (nSPS) is 24.4. The van der Waals surface area contributed by atoms with Crippen molar-refractivity contribution < 1.29 is 9.84 Å². The molecule has 1 fully saturated rings. The lowest BCUT2D eigenvalue weighted by atomic mass is 10.1. The molecular formula is C12H15N3O2. The molecule has 0 aliphatic carbocycles. The van der Waals surface area contributed by atoms with Crippen LogP contribution in [-0.2, 0) is 4.74 Å². The van der Waals surface area contributed by atoms with Crippen molar-refractivity contribution in [3.8, 4) is 6.07 Å². The fraction of sp³-hybridized carbons (Fsp3) is 0.500. The van der Waals surface area contributed by atoms with E-state index in [4.69, 9.17) is 15.1 Å². The van der Waals surface area contributed by atoms with Crippen molar-refractivity contribution in [3.05, 3.63) is 24.0 Å². The lowest BCUT2D eigenvalue weighted by molar-refractivity contribution is -0.0421. The minimum Gasteiger partial charge on any atom is -0.394 e. The summed E-state index contributed by atoms with van der Waals surface area (Å²) in [7, 11) is 0. The van der Waals surface area contributed by atoms with Crippen molar-refractivity contribution >= 4 is 5.69 Å². The summed E-state index contributed by atoms with van der Waals surface area (Å²) in [6, 6.07) is 3.85. The Morgan fingerprint density at radius 2 is 2.47 bits per heavy atom. The van der Waals surface area contributed by atoms with E-state index in [1.165, 1.54) is 0 Å². The Morgan fingerprint density at radius 1 is 1.65 bits per heavy atom. The molecule has 5 heteroatoms. The van der Waals surface area contributed by atoms with Crippen molar-refractivity contribution in [1.29, 1.82) is 5.26 Å². The van der Waals surface area contributed by atoms with Gasteiger partial charge in [-0.15, -0.1) is 0 Å². The monoisotopic (exact) mass is 233 g/mol. The molecule has 2 unspecified atom stereocenters. The van der Waals surface area contributed by atoms with Gasteiger partial charge in [-0.3, -0.25) is 4.98 Å². The van der Waals surface area contributed by atoms with E-state index in [2.05, 4.69) is 11.1 Å². The summed E-state index contributed by atoms with van der Waals surface area (Å²) in [5.74, 6) is 0. The Bertz CT molecular complexity index is 430. The molecule has 17 heavy (non-hydrogen) atoms. The molecule has 1 saturated heterocycles. The van der Waals surface area contributed by atoms with Crippen LogP contribution in [0.15, 0.2) is 18.5 Å². The first-order valence-electron chi connectivity index (χ1n) is 5.60. The molecule has 0 radical (unpaired) electrons. The Balaban J connectivity index is 2.24. The standard InChI is InChI=1S/C12H15N3O2/c1-9-6-15(7-11(8-16)17-9)12-5-14-3-2-10(12)4-13/h2-3,5,9,11,16H,6-8H2,1H3. The van der Waals surface area contributed by atoms with Gasteiger partial charge in [0.15, 0.2) is 0 Å². The first-order chi connectivity index (χ1) is 8.24. The van der Waals surface area contributed by atoms with Crippen LogP contribution in [0.5, 0.6) is 0 Å². The number of anilines is 1. The van der Waals surface area contributed by atoms with Crippen LogP contribution in [0.4, 0.5) is 5.69 Å². The van der Waals surface area contributed by atoms with Crippen LogP contribution in [0, 0.1) is 11.3 Å². The van der Waals surface area contributed by atoms with E-state index >= 15 is 0 Å². The first-order valence-corrected chi connectivity index (χ1v) is 5.60. The third-order valence-electron chi connectivity index (χ3n) is 2.79. The maximum Gasteiger partial charge on any atom is 0.101 e. The minimum absolute atomic E-state index is 0.0109. The molecular weight excluding hydrogens is 218 g/mol. The SMILES string of the molecule is CC1CN(c2cnccc2C#N)CC(CO)O1. The highest BCUT2D eigenvalue weighted by Crippen LogP contribution is 2.22. The second-order valence-electron chi connectivity index (χ2n) is 4.16. The van der Waals surface area contributed by atoms with E-state index in [-0.39, 0.29) is 18.8 Å². The highest BCUT2D eigenvalue weighted by atomic mass is 16.5. The number of nitrogens with zero attached hydrogens (tertiary/aromatic N) is 3. The van der Waals surface area contributed by atoms with Gasteiger partial charge in [0.05, 0.1) is 36.3 Å². The number of rotatable bonds is 2. The number of nitriles is 1. The molecule has 0 saturated carbocycles. The van der Waals surface area contributed by atoms with Crippen LogP contribution < -0.4 is 4.90 Å². The predicted octanol–water partition coefficient (Wildman–Crippen LogP) is 0.539. The van der Waals surface area contributed by atoms with Crippen molar-refractivity contribution in [2.45, 2.75) is 19.1 Å². The van der Waals surface area contributed by atoms with Crippen LogP contribution in [0.2, 0.25) is 0 Å². The molecule has 90 valence electrons. The molecule has 5 nitrogen and oxygen atoms in total. The van der Waals surface area contributed by atoms with Crippen molar-refractivity contribution in [2.24, 2.45) is 0 Å². The summed E-state index contributed by atoms with van der Waals surface area (Å²) >= 11 is 0. The summed E-state index contributed by atoms with van der Waals surface area (Å²) in [4.78, 5) is 6.09. The highest BCUT2D eigenvalue weighted by Gasteiger charge is 2.26. The zero-order valence-electron chi connectivity index (χ0n) is 9.71. The van der Waals surface area contributed by atoms with Crippen molar-refractivity contribution in [2.75, 3.05) is 24.6 Å². The number of hydrogen-bond donors (Lipinski definition) is 1. The number of ether oxygens (including phenoxy) is 1. The van der Waals surface area contributed by atoms with Gasteiger partial charge in [-0.25, -0.2) is 0 Å². The topological polar surface area (TPSA) is 69.4 Å². The van der Waals surface area contributed by atoms with Crippen LogP contribution >= 0.6 is 0 Å². The molecule has 0 bridgehead atoms. The van der Waals surface area contributed by atoms with Crippen LogP contribution in [0.3, 0.4) is 0 Å². The third-order valence-corrected chi connectivity index (χ3v) is 2.79. The first kappa shape index (κ1) is 11.8. The number of aliphatic hydroxyl groups is 1. The molecule has 2 heterocycles. The van der Waals surface area contributed by atoms with Crippen LogP contribution in [0.1, 0.15) is 12.5 Å². The fourth-order valence-electron chi connectivity index (χ4n) is 2.08. The van der Waals surface area contributed by atoms with Gasteiger partial charge in [-0.05, 0) is 13.0 Å². The maximum absolute atomic E-state index is 9.17. The van der Waals surface area contributed by atoms with Crippen LogP contribution in [0.25, 0.3) is 0 Å². The molecule has 0 aromatic carbocycles. The van der Waals surface area contributed by atoms with E-state index < -0.39 is 0 Å². The molecule has 1 aromatic rings. The fourth-order valence-corrected chi connectivity index (χ4v) is 2.08.